The summed E-state index contributed by atoms with van der Waals surface area (Å²) in [6.07, 6.45) is 3.82. The molecule has 0 spiro atoms. The number of rotatable bonds is 1. The lowest BCUT2D eigenvalue weighted by atomic mass is 9.82. The summed E-state index contributed by atoms with van der Waals surface area (Å²) in [5.41, 5.74) is 12.3. The molecule has 0 aliphatic heterocycles. The Balaban J connectivity index is 1.39. The Morgan fingerprint density at radius 3 is 2.08 bits per heavy atom. The summed E-state index contributed by atoms with van der Waals surface area (Å²) in [6, 6.07) is 35.8. The van der Waals surface area contributed by atoms with Crippen LogP contribution in [-0.2, 0) is 5.41 Å². The zero-order chi connectivity index (χ0) is 25.9. The third kappa shape index (κ3) is 2.61. The molecular formula is C37H24N2. The summed E-state index contributed by atoms with van der Waals surface area (Å²) in [5, 5.41) is 7.72. The minimum atomic E-state index is -0.0514. The number of hydrogen-bond donors (Lipinski definition) is 0. The van der Waals surface area contributed by atoms with Crippen LogP contribution in [-0.4, -0.2) is 9.97 Å². The lowest BCUT2D eigenvalue weighted by molar-refractivity contribution is 0.659. The molecule has 0 fully saturated rings. The van der Waals surface area contributed by atoms with Gasteiger partial charge in [-0.3, -0.25) is 9.97 Å². The summed E-state index contributed by atoms with van der Waals surface area (Å²) < 4.78 is 0. The average Bonchev–Trinajstić information content (AvgIpc) is 3.42. The lowest BCUT2D eigenvalue weighted by Crippen LogP contribution is -2.14. The second-order valence-electron chi connectivity index (χ2n) is 11.4. The van der Waals surface area contributed by atoms with E-state index >= 15 is 0 Å². The molecule has 0 saturated carbocycles. The Bertz CT molecular complexity index is 2200. The second kappa shape index (κ2) is 7.18. The van der Waals surface area contributed by atoms with Crippen LogP contribution in [0.3, 0.4) is 0 Å². The van der Waals surface area contributed by atoms with Gasteiger partial charge in [0.2, 0.25) is 0 Å². The first kappa shape index (κ1) is 21.2. The van der Waals surface area contributed by atoms with Gasteiger partial charge in [-0.2, -0.15) is 0 Å². The molecule has 0 atom stereocenters. The van der Waals surface area contributed by atoms with Crippen LogP contribution in [0.25, 0.3) is 77.1 Å². The molecule has 2 aliphatic carbocycles. The van der Waals surface area contributed by atoms with E-state index in [0.29, 0.717) is 0 Å². The Morgan fingerprint density at radius 1 is 0.462 bits per heavy atom. The Morgan fingerprint density at radius 2 is 1.18 bits per heavy atom. The van der Waals surface area contributed by atoms with Gasteiger partial charge in [0, 0.05) is 34.5 Å². The molecule has 0 radical (unpaired) electrons. The number of nitrogens with zero attached hydrogens (tertiary/aromatic N) is 2. The van der Waals surface area contributed by atoms with E-state index in [1.54, 1.807) is 0 Å². The highest BCUT2D eigenvalue weighted by Gasteiger charge is 2.36. The zero-order valence-electron chi connectivity index (χ0n) is 21.8. The van der Waals surface area contributed by atoms with E-state index < -0.39 is 0 Å². The molecule has 0 amide bonds. The van der Waals surface area contributed by atoms with Gasteiger partial charge in [-0.05, 0) is 90.5 Å². The molecule has 2 aromatic heterocycles. The molecule has 2 heteroatoms. The van der Waals surface area contributed by atoms with E-state index in [4.69, 9.17) is 9.97 Å². The first-order valence-corrected chi connectivity index (χ1v) is 13.6. The van der Waals surface area contributed by atoms with Crippen LogP contribution < -0.4 is 0 Å². The first-order valence-electron chi connectivity index (χ1n) is 13.6. The number of aromatic nitrogens is 2. The highest BCUT2D eigenvalue weighted by atomic mass is 14.7. The van der Waals surface area contributed by atoms with Gasteiger partial charge in [0.15, 0.2) is 0 Å². The van der Waals surface area contributed by atoms with Crippen LogP contribution >= 0.6 is 0 Å². The highest BCUT2D eigenvalue weighted by molar-refractivity contribution is 6.28. The van der Waals surface area contributed by atoms with Crippen LogP contribution in [0.4, 0.5) is 0 Å². The third-order valence-electron chi connectivity index (χ3n) is 9.09. The minimum absolute atomic E-state index is 0.0514. The molecule has 0 saturated heterocycles. The SMILES string of the molecule is CC1(C)c2ccc(-c3cc4c5cccc6c5c(cc4c4ccccc34)-c3ncccc3-6)cc2-c2ncccc21. The fourth-order valence-electron chi connectivity index (χ4n) is 7.27. The Hall–Kier alpha value is -4.82. The van der Waals surface area contributed by atoms with Crippen molar-refractivity contribution >= 4 is 32.3 Å². The molecule has 2 aliphatic rings. The maximum atomic E-state index is 4.82. The molecule has 182 valence electrons. The molecule has 2 nitrogen and oxygen atoms in total. The summed E-state index contributed by atoms with van der Waals surface area (Å²) >= 11 is 0. The molecule has 0 bridgehead atoms. The smallest absolute Gasteiger partial charge is 0.0787 e. The minimum Gasteiger partial charge on any atom is -0.256 e. The number of pyridine rings is 2. The fraction of sp³-hybridized carbons (Fsp3) is 0.0811. The van der Waals surface area contributed by atoms with Crippen molar-refractivity contribution < 1.29 is 0 Å². The predicted octanol–water partition coefficient (Wildman–Crippen LogP) is 9.56. The van der Waals surface area contributed by atoms with Gasteiger partial charge in [0.05, 0.1) is 11.4 Å². The maximum Gasteiger partial charge on any atom is 0.0787 e. The number of fused-ring (bicyclic) bond motifs is 10. The number of hydrogen-bond acceptors (Lipinski definition) is 2. The summed E-state index contributed by atoms with van der Waals surface area (Å²) in [4.78, 5) is 9.63. The molecule has 2 heterocycles. The third-order valence-corrected chi connectivity index (χ3v) is 9.09. The molecule has 39 heavy (non-hydrogen) atoms. The molecule has 9 rings (SSSR count). The molecule has 7 aromatic rings. The van der Waals surface area contributed by atoms with Crippen molar-refractivity contribution in [3.63, 3.8) is 0 Å². The van der Waals surface area contributed by atoms with E-state index in [9.17, 15) is 0 Å². The van der Waals surface area contributed by atoms with Crippen molar-refractivity contribution in [2.75, 3.05) is 0 Å². The van der Waals surface area contributed by atoms with Gasteiger partial charge in [-0.1, -0.05) is 80.6 Å². The van der Waals surface area contributed by atoms with Crippen molar-refractivity contribution in [2.45, 2.75) is 19.3 Å². The van der Waals surface area contributed by atoms with Crippen LogP contribution in [0.15, 0.2) is 109 Å². The van der Waals surface area contributed by atoms with Crippen LogP contribution in [0.2, 0.25) is 0 Å². The second-order valence-corrected chi connectivity index (χ2v) is 11.4. The summed E-state index contributed by atoms with van der Waals surface area (Å²) in [6.45, 7) is 4.61. The zero-order valence-corrected chi connectivity index (χ0v) is 21.8. The van der Waals surface area contributed by atoms with E-state index in [1.165, 1.54) is 76.8 Å². The van der Waals surface area contributed by atoms with Gasteiger partial charge < -0.3 is 0 Å². The Kier molecular flexibility index (Phi) is 3.89. The van der Waals surface area contributed by atoms with E-state index in [-0.39, 0.29) is 5.41 Å². The Labute approximate surface area is 226 Å². The molecule has 0 unspecified atom stereocenters. The number of benzene rings is 5. The topological polar surface area (TPSA) is 25.8 Å². The van der Waals surface area contributed by atoms with Crippen molar-refractivity contribution in [2.24, 2.45) is 0 Å². The van der Waals surface area contributed by atoms with Crippen molar-refractivity contribution in [3.05, 3.63) is 121 Å². The van der Waals surface area contributed by atoms with Gasteiger partial charge >= 0.3 is 0 Å². The fourth-order valence-corrected chi connectivity index (χ4v) is 7.27. The normalized spacial score (nSPS) is 14.1. The lowest BCUT2D eigenvalue weighted by Gasteiger charge is -2.21. The van der Waals surface area contributed by atoms with Gasteiger partial charge in [-0.25, -0.2) is 0 Å². The van der Waals surface area contributed by atoms with Crippen LogP contribution in [0.1, 0.15) is 25.0 Å². The molecule has 0 N–H and O–H groups in total. The van der Waals surface area contributed by atoms with Gasteiger partial charge in [0.1, 0.15) is 0 Å². The highest BCUT2D eigenvalue weighted by Crippen LogP contribution is 2.51. The van der Waals surface area contributed by atoms with E-state index in [1.807, 2.05) is 18.5 Å². The average molecular weight is 497 g/mol. The van der Waals surface area contributed by atoms with Gasteiger partial charge in [0.25, 0.3) is 0 Å². The molecule has 5 aromatic carbocycles. The van der Waals surface area contributed by atoms with Crippen molar-refractivity contribution in [1.29, 1.82) is 0 Å². The largest absolute Gasteiger partial charge is 0.256 e. The quantitative estimate of drug-likeness (QED) is 0.211. The van der Waals surface area contributed by atoms with Crippen LogP contribution in [0, 0.1) is 0 Å². The standard InChI is InChI=1S/C37H24N2/c1-37(2)32-15-14-21(18-30(32)36-33(37)13-7-17-39-36)27-19-29-25-11-5-10-24-26-12-6-16-38-35(26)31(34(24)25)20-28(29)23-9-4-3-8-22(23)27/h3-20H,1-2H3. The van der Waals surface area contributed by atoms with E-state index in [2.05, 4.69) is 105 Å². The van der Waals surface area contributed by atoms with Gasteiger partial charge in [-0.15, -0.1) is 0 Å². The van der Waals surface area contributed by atoms with Crippen molar-refractivity contribution in [1.82, 2.24) is 9.97 Å². The van der Waals surface area contributed by atoms with E-state index in [0.717, 1.165) is 11.4 Å². The van der Waals surface area contributed by atoms with Crippen molar-refractivity contribution in [3.8, 4) is 44.8 Å². The summed E-state index contributed by atoms with van der Waals surface area (Å²) in [5.74, 6) is 0. The predicted molar refractivity (Wildman–Crippen MR) is 162 cm³/mol. The first-order chi connectivity index (χ1) is 19.1. The van der Waals surface area contributed by atoms with Crippen LogP contribution in [0.5, 0.6) is 0 Å². The summed E-state index contributed by atoms with van der Waals surface area (Å²) in [7, 11) is 0. The monoisotopic (exact) mass is 496 g/mol. The molecular weight excluding hydrogens is 472 g/mol. The maximum absolute atomic E-state index is 4.82.